The first-order chi connectivity index (χ1) is 10.2. The lowest BCUT2D eigenvalue weighted by Crippen LogP contribution is -2.42. The zero-order valence-electron chi connectivity index (χ0n) is 12.1. The molecule has 0 spiro atoms. The van der Waals surface area contributed by atoms with Crippen LogP contribution in [0.15, 0.2) is 12.7 Å². The molecule has 21 heavy (non-hydrogen) atoms. The first kappa shape index (κ1) is 14.2. The van der Waals surface area contributed by atoms with Crippen LogP contribution in [0.2, 0.25) is 0 Å². The number of nitrogens with two attached hydrogens (primary N) is 1. The predicted octanol–water partition coefficient (Wildman–Crippen LogP) is 2.12. The first-order valence-electron chi connectivity index (χ1n) is 7.37. The minimum absolute atomic E-state index is 0.0384. The Labute approximate surface area is 122 Å². The van der Waals surface area contributed by atoms with Crippen molar-refractivity contribution in [3.8, 4) is 0 Å². The number of nitrogens with zero attached hydrogens (tertiary/aromatic N) is 4. The molecule has 0 aliphatic heterocycles. The van der Waals surface area contributed by atoms with Gasteiger partial charge in [-0.1, -0.05) is 13.3 Å². The molecule has 0 bridgehead atoms. The molecule has 2 aromatic heterocycles. The number of rotatable bonds is 6. The lowest BCUT2D eigenvalue weighted by molar-refractivity contribution is -0.0246. The molecule has 0 radical (unpaired) electrons. The highest BCUT2D eigenvalue weighted by Gasteiger charge is 2.43. The smallest absolute Gasteiger partial charge is 0.165 e. The second-order valence-corrected chi connectivity index (χ2v) is 5.52. The quantitative estimate of drug-likeness (QED) is 0.825. The van der Waals surface area contributed by atoms with Crippen LogP contribution in [0.1, 0.15) is 32.2 Å². The van der Waals surface area contributed by atoms with Crippen LogP contribution >= 0.6 is 0 Å². The van der Waals surface area contributed by atoms with Crippen molar-refractivity contribution in [1.29, 1.82) is 0 Å². The molecule has 6 nitrogen and oxygen atoms in total. The lowest BCUT2D eigenvalue weighted by atomic mass is 9.78. The minimum Gasteiger partial charge on any atom is -0.382 e. The summed E-state index contributed by atoms with van der Waals surface area (Å²) in [6, 6.07) is -0.232. The third-order valence-corrected chi connectivity index (χ3v) is 4.08. The van der Waals surface area contributed by atoms with Crippen molar-refractivity contribution in [3.05, 3.63) is 12.7 Å². The molecular formula is C14H20FN5O. The van der Waals surface area contributed by atoms with E-state index in [0.29, 0.717) is 30.2 Å². The third-order valence-electron chi connectivity index (χ3n) is 4.08. The standard InChI is InChI=1S/C14H20FN5O/c1-2-3-4-21-6-9-5-10(11(9)15)20-8-19-12-13(16)17-7-18-14(12)20/h7-11H,2-6H2,1H3,(H2,16,17,18)/t9-,10-,11?/m1/s1. The molecule has 2 heterocycles. The van der Waals surface area contributed by atoms with Crippen LogP contribution in [0.25, 0.3) is 11.2 Å². The summed E-state index contributed by atoms with van der Waals surface area (Å²) in [5, 5.41) is 0. The molecule has 0 saturated heterocycles. The Bertz CT molecular complexity index is 616. The fourth-order valence-corrected chi connectivity index (χ4v) is 2.71. The molecule has 1 unspecified atom stereocenters. The maximum absolute atomic E-state index is 14.3. The Morgan fingerprint density at radius 1 is 1.43 bits per heavy atom. The number of hydrogen-bond acceptors (Lipinski definition) is 5. The summed E-state index contributed by atoms with van der Waals surface area (Å²) in [6.45, 7) is 3.31. The molecule has 1 aliphatic carbocycles. The second kappa shape index (κ2) is 5.93. The number of ether oxygens (including phenoxy) is 1. The maximum Gasteiger partial charge on any atom is 0.165 e. The number of halogens is 1. The van der Waals surface area contributed by atoms with Crippen molar-refractivity contribution in [3.63, 3.8) is 0 Å². The Morgan fingerprint density at radius 2 is 2.29 bits per heavy atom. The fraction of sp³-hybridized carbons (Fsp3) is 0.643. The Morgan fingerprint density at radius 3 is 3.05 bits per heavy atom. The fourth-order valence-electron chi connectivity index (χ4n) is 2.71. The number of aromatic nitrogens is 4. The van der Waals surface area contributed by atoms with Gasteiger partial charge >= 0.3 is 0 Å². The summed E-state index contributed by atoms with van der Waals surface area (Å²) >= 11 is 0. The van der Waals surface area contributed by atoms with Crippen LogP contribution < -0.4 is 5.73 Å². The number of imidazole rings is 1. The Hall–Kier alpha value is -1.76. The largest absolute Gasteiger partial charge is 0.382 e. The van der Waals surface area contributed by atoms with Crippen LogP contribution in [0.3, 0.4) is 0 Å². The SMILES string of the molecule is CCCCOC[C@H]1C[C@@H](n2cnc3c(N)ncnc32)C1F. The number of nitrogen functional groups attached to an aromatic ring is 1. The average Bonchev–Trinajstić information content (AvgIpc) is 2.90. The van der Waals surface area contributed by atoms with Crippen LogP contribution in [0.5, 0.6) is 0 Å². The topological polar surface area (TPSA) is 78.9 Å². The van der Waals surface area contributed by atoms with Gasteiger partial charge in [0.15, 0.2) is 11.5 Å². The normalized spacial score (nSPS) is 25.1. The Kier molecular flexibility index (Phi) is 4.01. The van der Waals surface area contributed by atoms with Gasteiger partial charge in [0.2, 0.25) is 0 Å². The van der Waals surface area contributed by atoms with Gasteiger partial charge in [0.1, 0.15) is 18.0 Å². The van der Waals surface area contributed by atoms with Crippen molar-refractivity contribution in [1.82, 2.24) is 19.5 Å². The Balaban J connectivity index is 1.65. The molecule has 3 rings (SSSR count). The molecule has 3 atom stereocenters. The zero-order valence-corrected chi connectivity index (χ0v) is 12.1. The first-order valence-corrected chi connectivity index (χ1v) is 7.37. The summed E-state index contributed by atoms with van der Waals surface area (Å²) in [6.07, 6.45) is 4.90. The molecule has 1 aliphatic rings. The predicted molar refractivity (Wildman–Crippen MR) is 77.5 cm³/mol. The zero-order chi connectivity index (χ0) is 14.8. The van der Waals surface area contributed by atoms with Crippen LogP contribution in [0, 0.1) is 5.92 Å². The van der Waals surface area contributed by atoms with E-state index in [1.165, 1.54) is 6.33 Å². The van der Waals surface area contributed by atoms with E-state index in [1.807, 2.05) is 0 Å². The molecular weight excluding hydrogens is 273 g/mol. The van der Waals surface area contributed by atoms with Gasteiger partial charge in [-0.2, -0.15) is 0 Å². The van der Waals surface area contributed by atoms with Crippen LogP contribution in [-0.2, 0) is 4.74 Å². The molecule has 2 N–H and O–H groups in total. The molecule has 1 fully saturated rings. The lowest BCUT2D eigenvalue weighted by Gasteiger charge is -2.40. The molecule has 0 amide bonds. The van der Waals surface area contributed by atoms with E-state index in [0.717, 1.165) is 19.3 Å². The van der Waals surface area contributed by atoms with E-state index in [1.54, 1.807) is 10.9 Å². The van der Waals surface area contributed by atoms with Crippen molar-refractivity contribution >= 4 is 17.0 Å². The highest BCUT2D eigenvalue weighted by molar-refractivity contribution is 5.81. The van der Waals surface area contributed by atoms with Gasteiger partial charge in [-0.15, -0.1) is 0 Å². The van der Waals surface area contributed by atoms with E-state index in [2.05, 4.69) is 21.9 Å². The van der Waals surface area contributed by atoms with Gasteiger partial charge in [-0.3, -0.25) is 0 Å². The summed E-state index contributed by atoms with van der Waals surface area (Å²) in [7, 11) is 0. The summed E-state index contributed by atoms with van der Waals surface area (Å²) < 4.78 is 21.6. The molecule has 1 saturated carbocycles. The molecule has 2 aromatic rings. The number of anilines is 1. The maximum atomic E-state index is 14.3. The van der Waals surface area contributed by atoms with E-state index < -0.39 is 6.17 Å². The van der Waals surface area contributed by atoms with Crippen molar-refractivity contribution in [2.24, 2.45) is 5.92 Å². The summed E-state index contributed by atoms with van der Waals surface area (Å²) in [5.41, 5.74) is 6.88. The average molecular weight is 293 g/mol. The number of hydrogen-bond donors (Lipinski definition) is 1. The second-order valence-electron chi connectivity index (χ2n) is 5.52. The van der Waals surface area contributed by atoms with Gasteiger partial charge in [0.05, 0.1) is 19.0 Å². The van der Waals surface area contributed by atoms with E-state index >= 15 is 0 Å². The monoisotopic (exact) mass is 293 g/mol. The summed E-state index contributed by atoms with van der Waals surface area (Å²) in [4.78, 5) is 12.2. The van der Waals surface area contributed by atoms with Crippen molar-refractivity contribution in [2.75, 3.05) is 18.9 Å². The van der Waals surface area contributed by atoms with Gasteiger partial charge in [0.25, 0.3) is 0 Å². The van der Waals surface area contributed by atoms with Gasteiger partial charge in [0, 0.05) is 12.5 Å². The molecule has 7 heteroatoms. The number of alkyl halides is 1. The third kappa shape index (κ3) is 2.57. The minimum atomic E-state index is -0.930. The number of unbranched alkanes of at least 4 members (excludes halogenated alkanes) is 1. The van der Waals surface area contributed by atoms with Crippen molar-refractivity contribution < 1.29 is 9.13 Å². The highest BCUT2D eigenvalue weighted by atomic mass is 19.1. The van der Waals surface area contributed by atoms with E-state index in [9.17, 15) is 4.39 Å². The molecule has 0 aromatic carbocycles. The van der Waals surface area contributed by atoms with Crippen LogP contribution in [0.4, 0.5) is 10.2 Å². The number of fused-ring (bicyclic) bond motifs is 1. The van der Waals surface area contributed by atoms with Gasteiger partial charge in [-0.25, -0.2) is 19.3 Å². The summed E-state index contributed by atoms with van der Waals surface area (Å²) in [5.74, 6) is 0.288. The molecule has 114 valence electrons. The highest BCUT2D eigenvalue weighted by Crippen LogP contribution is 2.42. The van der Waals surface area contributed by atoms with E-state index in [4.69, 9.17) is 10.5 Å². The van der Waals surface area contributed by atoms with E-state index in [-0.39, 0.29) is 12.0 Å². The van der Waals surface area contributed by atoms with Gasteiger partial charge < -0.3 is 15.0 Å². The van der Waals surface area contributed by atoms with Gasteiger partial charge in [-0.05, 0) is 12.8 Å². The van der Waals surface area contributed by atoms with Crippen molar-refractivity contribution in [2.45, 2.75) is 38.4 Å². The van der Waals surface area contributed by atoms with Crippen LogP contribution in [-0.4, -0.2) is 38.9 Å².